The van der Waals surface area contributed by atoms with Crippen molar-refractivity contribution in [3.8, 4) is 0 Å². The molecule has 1 heterocycles. The Hall–Kier alpha value is -1.96. The van der Waals surface area contributed by atoms with Crippen molar-refractivity contribution in [3.05, 3.63) is 11.9 Å². The molecule has 1 rings (SSSR count). The second-order valence-electron chi connectivity index (χ2n) is 5.67. The Morgan fingerprint density at radius 2 is 1.50 bits per heavy atom. The standard InChI is InChI=1S/C6H11N3.C5H11NO.C5H10O2.C3H8O.C3H8/c1-3-6-5-9(4-2)8-7-6;1-3-5(7)6-4-2;1-3-5(6)7-4-2;1-3-4-2;1-3-2/h5H,3-4H2,1-2H3;3-4H2,1-2H3,(H,6,7);3-4H2,1-2H3;3H2,1-2H3;3H2,1-2H3. The van der Waals surface area contributed by atoms with E-state index in [9.17, 15) is 9.59 Å². The van der Waals surface area contributed by atoms with Gasteiger partial charge >= 0.3 is 5.97 Å². The summed E-state index contributed by atoms with van der Waals surface area (Å²) >= 11 is 0. The van der Waals surface area contributed by atoms with Gasteiger partial charge < -0.3 is 14.8 Å². The number of hydrogen-bond donors (Lipinski definition) is 1. The number of nitrogens with zero attached hydrogens (tertiary/aromatic N) is 3. The molecule has 1 N–H and O–H groups in total. The summed E-state index contributed by atoms with van der Waals surface area (Å²) in [4.78, 5) is 20.5. The number of hydrogen-bond acceptors (Lipinski definition) is 6. The maximum Gasteiger partial charge on any atom is 0.305 e. The lowest BCUT2D eigenvalue weighted by Crippen LogP contribution is -2.20. The fourth-order valence-corrected chi connectivity index (χ4v) is 1.24. The van der Waals surface area contributed by atoms with Crippen molar-refractivity contribution in [2.75, 3.05) is 26.9 Å². The van der Waals surface area contributed by atoms with E-state index in [1.807, 2.05) is 38.6 Å². The van der Waals surface area contributed by atoms with Crippen molar-refractivity contribution < 1.29 is 19.1 Å². The zero-order chi connectivity index (χ0) is 24.2. The first-order valence-electron chi connectivity index (χ1n) is 11.1. The van der Waals surface area contributed by atoms with E-state index < -0.39 is 0 Å². The molecule has 0 saturated heterocycles. The van der Waals surface area contributed by atoms with Crippen LogP contribution in [0.25, 0.3) is 0 Å². The van der Waals surface area contributed by atoms with E-state index in [0.717, 1.165) is 31.8 Å². The first-order chi connectivity index (χ1) is 14.3. The van der Waals surface area contributed by atoms with Crippen molar-refractivity contribution in [2.24, 2.45) is 0 Å². The summed E-state index contributed by atoms with van der Waals surface area (Å²) in [6, 6.07) is 0. The Balaban J connectivity index is -0.000000148. The molecule has 1 aromatic heterocycles. The summed E-state index contributed by atoms with van der Waals surface area (Å²) in [5.41, 5.74) is 1.07. The maximum absolute atomic E-state index is 10.3. The molecule has 0 aliphatic rings. The molecular weight excluding hydrogens is 384 g/mol. The predicted molar refractivity (Wildman–Crippen MR) is 124 cm³/mol. The van der Waals surface area contributed by atoms with E-state index in [1.54, 1.807) is 21.0 Å². The first kappa shape index (κ1) is 35.5. The Morgan fingerprint density at radius 3 is 1.67 bits per heavy atom. The number of esters is 1. The number of aromatic nitrogens is 3. The summed E-state index contributed by atoms with van der Waals surface area (Å²) < 4.78 is 10.9. The van der Waals surface area contributed by atoms with E-state index in [0.29, 0.717) is 19.4 Å². The van der Waals surface area contributed by atoms with E-state index >= 15 is 0 Å². The third-order valence-electron chi connectivity index (χ3n) is 2.85. The minimum Gasteiger partial charge on any atom is -0.466 e. The summed E-state index contributed by atoms with van der Waals surface area (Å²) in [5, 5.41) is 10.4. The smallest absolute Gasteiger partial charge is 0.305 e. The van der Waals surface area contributed by atoms with Crippen molar-refractivity contribution in [1.29, 1.82) is 0 Å². The zero-order valence-electron chi connectivity index (χ0n) is 21.2. The Labute approximate surface area is 185 Å². The van der Waals surface area contributed by atoms with Crippen LogP contribution in [-0.2, 0) is 32.0 Å². The molecule has 0 saturated carbocycles. The second-order valence-corrected chi connectivity index (χ2v) is 5.67. The number of ether oxygens (including phenoxy) is 2. The Bertz CT molecular complexity index is 427. The topological polar surface area (TPSA) is 95.3 Å². The molecule has 0 radical (unpaired) electrons. The molecule has 0 unspecified atom stereocenters. The number of methoxy groups -OCH3 is 1. The van der Waals surface area contributed by atoms with Crippen molar-refractivity contribution in [1.82, 2.24) is 20.3 Å². The predicted octanol–water partition coefficient (Wildman–Crippen LogP) is 4.42. The van der Waals surface area contributed by atoms with Crippen molar-refractivity contribution >= 4 is 11.9 Å². The minimum absolute atomic E-state index is 0.123. The van der Waals surface area contributed by atoms with Gasteiger partial charge in [-0.2, -0.15) is 0 Å². The van der Waals surface area contributed by atoms with Gasteiger partial charge in [0.05, 0.1) is 12.3 Å². The normalized spacial score (nSPS) is 8.47. The van der Waals surface area contributed by atoms with Crippen molar-refractivity contribution in [3.63, 3.8) is 0 Å². The van der Waals surface area contributed by atoms with Crippen LogP contribution >= 0.6 is 0 Å². The Morgan fingerprint density at radius 1 is 0.967 bits per heavy atom. The number of rotatable bonds is 7. The monoisotopic (exact) mass is 432 g/mol. The van der Waals surface area contributed by atoms with Crippen LogP contribution in [0.4, 0.5) is 0 Å². The molecule has 1 aromatic rings. The lowest BCUT2D eigenvalue weighted by Gasteiger charge is -1.93. The third-order valence-corrected chi connectivity index (χ3v) is 2.85. The summed E-state index contributed by atoms with van der Waals surface area (Å²) in [6.07, 6.45) is 5.27. The average Bonchev–Trinajstić information content (AvgIpc) is 3.24. The van der Waals surface area contributed by atoms with E-state index in [4.69, 9.17) is 0 Å². The molecule has 0 aromatic carbocycles. The SMILES string of the molecule is CCC.CCNC(=O)CC.CCOC.CCOC(=O)CC.CCc1cn(CC)nn1. The highest BCUT2D eigenvalue weighted by molar-refractivity contribution is 5.75. The summed E-state index contributed by atoms with van der Waals surface area (Å²) in [7, 11) is 1.68. The van der Waals surface area contributed by atoms with Crippen LogP contribution in [0.1, 0.15) is 87.3 Å². The quantitative estimate of drug-likeness (QED) is 0.641. The zero-order valence-corrected chi connectivity index (χ0v) is 21.2. The van der Waals surface area contributed by atoms with Crippen LogP contribution in [-0.4, -0.2) is 53.7 Å². The minimum atomic E-state index is -0.123. The van der Waals surface area contributed by atoms with Crippen molar-refractivity contribution in [2.45, 2.75) is 94.5 Å². The Kier molecular flexibility index (Phi) is 37.5. The highest BCUT2D eigenvalue weighted by Gasteiger charge is 1.93. The van der Waals surface area contributed by atoms with Gasteiger partial charge in [0.25, 0.3) is 0 Å². The van der Waals surface area contributed by atoms with Gasteiger partial charge in [0.15, 0.2) is 0 Å². The van der Waals surface area contributed by atoms with Crippen LogP contribution in [0.3, 0.4) is 0 Å². The molecule has 0 bridgehead atoms. The highest BCUT2D eigenvalue weighted by atomic mass is 16.5. The fraction of sp³-hybridized carbons (Fsp3) is 0.818. The van der Waals surface area contributed by atoms with Crippen LogP contribution in [0.15, 0.2) is 6.20 Å². The van der Waals surface area contributed by atoms with Gasteiger partial charge in [0, 0.05) is 45.8 Å². The highest BCUT2D eigenvalue weighted by Crippen LogP contribution is 1.91. The van der Waals surface area contributed by atoms with Gasteiger partial charge in [-0.1, -0.05) is 46.3 Å². The molecular formula is C22H48N4O4. The van der Waals surface area contributed by atoms with Gasteiger partial charge in [-0.15, -0.1) is 5.10 Å². The van der Waals surface area contributed by atoms with E-state index in [-0.39, 0.29) is 11.9 Å². The maximum atomic E-state index is 10.3. The number of carbonyl (C=O) groups is 2. The molecule has 1 amide bonds. The molecule has 0 aliphatic carbocycles. The van der Waals surface area contributed by atoms with Gasteiger partial charge in [-0.3, -0.25) is 14.3 Å². The molecule has 8 heteroatoms. The first-order valence-corrected chi connectivity index (χ1v) is 11.1. The number of carbonyl (C=O) groups excluding carboxylic acids is 2. The molecule has 0 aliphatic heterocycles. The fourth-order valence-electron chi connectivity index (χ4n) is 1.24. The number of aryl methyl sites for hydroxylation is 2. The van der Waals surface area contributed by atoms with Crippen LogP contribution < -0.4 is 5.32 Å². The van der Waals surface area contributed by atoms with Gasteiger partial charge in [-0.05, 0) is 34.1 Å². The number of amides is 1. The molecule has 0 spiro atoms. The second kappa shape index (κ2) is 31.7. The lowest BCUT2D eigenvalue weighted by atomic mass is 10.4. The van der Waals surface area contributed by atoms with E-state index in [1.165, 1.54) is 6.42 Å². The molecule has 0 atom stereocenters. The summed E-state index contributed by atoms with van der Waals surface area (Å²) in [5.74, 6) is 0.00463. The van der Waals surface area contributed by atoms with E-state index in [2.05, 4.69) is 45.9 Å². The number of nitrogens with one attached hydrogen (secondary N) is 1. The molecule has 0 fully saturated rings. The van der Waals surface area contributed by atoms with Gasteiger partial charge in [0.1, 0.15) is 0 Å². The lowest BCUT2D eigenvalue weighted by molar-refractivity contribution is -0.142. The van der Waals surface area contributed by atoms with Gasteiger partial charge in [-0.25, -0.2) is 0 Å². The van der Waals surface area contributed by atoms with Crippen LogP contribution in [0.5, 0.6) is 0 Å². The van der Waals surface area contributed by atoms with Crippen LogP contribution in [0, 0.1) is 0 Å². The summed E-state index contributed by atoms with van der Waals surface area (Å²) in [6.45, 7) is 20.6. The average molecular weight is 433 g/mol. The van der Waals surface area contributed by atoms with Crippen LogP contribution in [0.2, 0.25) is 0 Å². The molecule has 180 valence electrons. The largest absolute Gasteiger partial charge is 0.466 e. The molecule has 8 nitrogen and oxygen atoms in total. The third kappa shape index (κ3) is 33.6. The molecule has 30 heavy (non-hydrogen) atoms. The van der Waals surface area contributed by atoms with Gasteiger partial charge in [0.2, 0.25) is 5.91 Å².